The van der Waals surface area contributed by atoms with Crippen molar-refractivity contribution in [2.45, 2.75) is 38.7 Å². The number of thiophene rings is 1. The molecular formula is C12H16OS. The molecule has 0 spiro atoms. The molecule has 1 atom stereocenters. The zero-order chi connectivity index (χ0) is 10.1. The predicted octanol–water partition coefficient (Wildman–Crippen LogP) is 3.24. The molecule has 1 aromatic heterocycles. The highest BCUT2D eigenvalue weighted by atomic mass is 32.1. The van der Waals surface area contributed by atoms with Crippen LogP contribution in [0, 0.1) is 0 Å². The van der Waals surface area contributed by atoms with Crippen molar-refractivity contribution in [3.8, 4) is 0 Å². The van der Waals surface area contributed by atoms with Crippen molar-refractivity contribution in [1.29, 1.82) is 0 Å². The molecule has 1 aliphatic carbocycles. The zero-order valence-electron chi connectivity index (χ0n) is 8.55. The summed E-state index contributed by atoms with van der Waals surface area (Å²) in [6.07, 6.45) is 4.06. The maximum atomic E-state index is 9.90. The van der Waals surface area contributed by atoms with E-state index in [1.165, 1.54) is 29.7 Å². The van der Waals surface area contributed by atoms with Crippen molar-refractivity contribution in [3.63, 3.8) is 0 Å². The van der Waals surface area contributed by atoms with Gasteiger partial charge in [-0.1, -0.05) is 5.57 Å². The molecule has 0 bridgehead atoms. The Morgan fingerprint density at radius 1 is 1.64 bits per heavy atom. The van der Waals surface area contributed by atoms with Gasteiger partial charge in [-0.2, -0.15) is 0 Å². The predicted molar refractivity (Wildman–Crippen MR) is 60.7 cm³/mol. The quantitative estimate of drug-likeness (QED) is 0.756. The summed E-state index contributed by atoms with van der Waals surface area (Å²) in [4.78, 5) is 2.61. The van der Waals surface area contributed by atoms with Gasteiger partial charge in [-0.3, -0.25) is 0 Å². The van der Waals surface area contributed by atoms with Gasteiger partial charge in [-0.25, -0.2) is 0 Å². The van der Waals surface area contributed by atoms with Crippen LogP contribution in [-0.4, -0.2) is 5.11 Å². The van der Waals surface area contributed by atoms with E-state index in [1.807, 2.05) is 6.92 Å². The molecule has 0 radical (unpaired) electrons. The Kier molecular flexibility index (Phi) is 2.75. The van der Waals surface area contributed by atoms with E-state index in [-0.39, 0.29) is 6.10 Å². The highest BCUT2D eigenvalue weighted by Crippen LogP contribution is 2.35. The summed E-state index contributed by atoms with van der Waals surface area (Å²) >= 11 is 1.78. The molecule has 1 aromatic rings. The van der Waals surface area contributed by atoms with E-state index >= 15 is 0 Å². The van der Waals surface area contributed by atoms with Crippen LogP contribution in [-0.2, 0) is 12.8 Å². The minimum Gasteiger partial charge on any atom is -0.387 e. The summed E-state index contributed by atoms with van der Waals surface area (Å²) in [5.74, 6) is 0. The second-order valence-electron chi connectivity index (χ2n) is 4.13. The van der Waals surface area contributed by atoms with E-state index in [0.29, 0.717) is 6.42 Å². The van der Waals surface area contributed by atoms with E-state index in [9.17, 15) is 5.11 Å². The van der Waals surface area contributed by atoms with Gasteiger partial charge < -0.3 is 5.11 Å². The largest absolute Gasteiger partial charge is 0.387 e. The maximum absolute atomic E-state index is 9.90. The first-order valence-corrected chi connectivity index (χ1v) is 5.92. The first-order valence-electron chi connectivity index (χ1n) is 5.10. The number of hydrogen-bond donors (Lipinski definition) is 1. The van der Waals surface area contributed by atoms with Gasteiger partial charge in [0, 0.05) is 9.75 Å². The minimum atomic E-state index is -0.330. The van der Waals surface area contributed by atoms with Crippen molar-refractivity contribution >= 4 is 11.3 Å². The summed E-state index contributed by atoms with van der Waals surface area (Å²) in [6, 6.07) is 2.18. The molecule has 14 heavy (non-hydrogen) atoms. The third-order valence-corrected chi connectivity index (χ3v) is 3.97. The number of hydrogen-bond acceptors (Lipinski definition) is 2. The first kappa shape index (κ1) is 9.94. The third kappa shape index (κ3) is 1.91. The van der Waals surface area contributed by atoms with Crippen LogP contribution in [0.5, 0.6) is 0 Å². The topological polar surface area (TPSA) is 20.2 Å². The van der Waals surface area contributed by atoms with Crippen LogP contribution < -0.4 is 0 Å². The van der Waals surface area contributed by atoms with Crippen LogP contribution in [0.2, 0.25) is 0 Å². The fraction of sp³-hybridized carbons (Fsp3) is 0.500. The Morgan fingerprint density at radius 3 is 3.07 bits per heavy atom. The third-order valence-electron chi connectivity index (χ3n) is 2.64. The fourth-order valence-corrected chi connectivity index (χ4v) is 3.19. The van der Waals surface area contributed by atoms with Crippen LogP contribution in [0.15, 0.2) is 18.2 Å². The molecular weight excluding hydrogens is 192 g/mol. The van der Waals surface area contributed by atoms with E-state index in [0.717, 1.165) is 10.5 Å². The van der Waals surface area contributed by atoms with Gasteiger partial charge in [0.15, 0.2) is 0 Å². The van der Waals surface area contributed by atoms with Gasteiger partial charge in [-0.15, -0.1) is 17.9 Å². The molecule has 2 heteroatoms. The van der Waals surface area contributed by atoms with Gasteiger partial charge in [0.25, 0.3) is 0 Å². The number of fused-ring (bicyclic) bond motifs is 1. The van der Waals surface area contributed by atoms with Crippen molar-refractivity contribution in [1.82, 2.24) is 0 Å². The molecule has 0 saturated heterocycles. The van der Waals surface area contributed by atoms with Gasteiger partial charge in [-0.05, 0) is 44.2 Å². The lowest BCUT2D eigenvalue weighted by atomic mass is 10.1. The molecule has 1 N–H and O–H groups in total. The summed E-state index contributed by atoms with van der Waals surface area (Å²) in [6.45, 7) is 5.79. The standard InChI is InChI=1S/C12H16OS/c1-8(2)6-10(13)12-7-9-4-3-5-11(9)14-12/h7,10,13H,1,3-6H2,2H3. The summed E-state index contributed by atoms with van der Waals surface area (Å²) in [5.41, 5.74) is 2.51. The van der Waals surface area contributed by atoms with Crippen LogP contribution in [0.4, 0.5) is 0 Å². The Morgan fingerprint density at radius 2 is 2.43 bits per heavy atom. The highest BCUT2D eigenvalue weighted by Gasteiger charge is 2.18. The van der Waals surface area contributed by atoms with Crippen LogP contribution in [0.1, 0.15) is 41.2 Å². The lowest BCUT2D eigenvalue weighted by Gasteiger charge is -2.07. The fourth-order valence-electron chi connectivity index (χ4n) is 1.95. The summed E-state index contributed by atoms with van der Waals surface area (Å²) in [7, 11) is 0. The van der Waals surface area contributed by atoms with Gasteiger partial charge in [0.2, 0.25) is 0 Å². The smallest absolute Gasteiger partial charge is 0.0918 e. The van der Waals surface area contributed by atoms with Crippen molar-refractivity contribution in [2.24, 2.45) is 0 Å². The van der Waals surface area contributed by atoms with Crippen LogP contribution >= 0.6 is 11.3 Å². The Bertz CT molecular complexity index is 330. The molecule has 0 aliphatic heterocycles. The number of aliphatic hydroxyl groups is 1. The van der Waals surface area contributed by atoms with E-state index in [4.69, 9.17) is 0 Å². The summed E-state index contributed by atoms with van der Waals surface area (Å²) in [5, 5.41) is 9.90. The second-order valence-corrected chi connectivity index (χ2v) is 5.30. The molecule has 76 valence electrons. The van der Waals surface area contributed by atoms with E-state index < -0.39 is 0 Å². The minimum absolute atomic E-state index is 0.330. The van der Waals surface area contributed by atoms with Crippen molar-refractivity contribution in [2.75, 3.05) is 0 Å². The molecule has 1 heterocycles. The number of aliphatic hydroxyl groups excluding tert-OH is 1. The molecule has 2 rings (SSSR count). The zero-order valence-corrected chi connectivity index (χ0v) is 9.36. The van der Waals surface area contributed by atoms with E-state index in [1.54, 1.807) is 11.3 Å². The van der Waals surface area contributed by atoms with Crippen LogP contribution in [0.25, 0.3) is 0 Å². The van der Waals surface area contributed by atoms with Crippen molar-refractivity contribution in [3.05, 3.63) is 33.5 Å². The first-order chi connectivity index (χ1) is 6.66. The lowest BCUT2D eigenvalue weighted by molar-refractivity contribution is 0.182. The van der Waals surface area contributed by atoms with Gasteiger partial charge in [0.05, 0.1) is 6.10 Å². The molecule has 1 nitrogen and oxygen atoms in total. The van der Waals surface area contributed by atoms with Gasteiger partial charge >= 0.3 is 0 Å². The molecule has 0 fully saturated rings. The maximum Gasteiger partial charge on any atom is 0.0918 e. The number of rotatable bonds is 3. The summed E-state index contributed by atoms with van der Waals surface area (Å²) < 4.78 is 0. The van der Waals surface area contributed by atoms with Gasteiger partial charge in [0.1, 0.15) is 0 Å². The van der Waals surface area contributed by atoms with E-state index in [2.05, 4.69) is 12.6 Å². The second kappa shape index (κ2) is 3.87. The Labute approximate surface area is 89.1 Å². The highest BCUT2D eigenvalue weighted by molar-refractivity contribution is 7.12. The monoisotopic (exact) mass is 208 g/mol. The SMILES string of the molecule is C=C(C)CC(O)c1cc2c(s1)CCC2. The molecule has 1 aliphatic rings. The van der Waals surface area contributed by atoms with Crippen LogP contribution in [0.3, 0.4) is 0 Å². The Balaban J connectivity index is 2.13. The Hall–Kier alpha value is -0.600. The molecule has 1 unspecified atom stereocenters. The number of aryl methyl sites for hydroxylation is 2. The average molecular weight is 208 g/mol. The normalized spacial score (nSPS) is 16.7. The van der Waals surface area contributed by atoms with Crippen molar-refractivity contribution < 1.29 is 5.11 Å². The average Bonchev–Trinajstić information content (AvgIpc) is 2.58. The molecule has 0 saturated carbocycles. The molecule has 0 amide bonds. The lowest BCUT2D eigenvalue weighted by Crippen LogP contribution is -1.94. The molecule has 0 aromatic carbocycles.